The molecule has 1 amide bonds. The van der Waals surface area contributed by atoms with Crippen LogP contribution in [0.2, 0.25) is 0 Å². The molecule has 3 rings (SSSR count). The number of aromatic carboxylic acids is 1. The summed E-state index contributed by atoms with van der Waals surface area (Å²) in [6.07, 6.45) is 2.11. The molecule has 1 aromatic rings. The Morgan fingerprint density at radius 3 is 2.94 bits per heavy atom. The minimum absolute atomic E-state index is 0.0509. The highest BCUT2D eigenvalue weighted by atomic mass is 16.4. The molecule has 1 aromatic heterocycles. The fourth-order valence-electron chi connectivity index (χ4n) is 2.44. The quantitative estimate of drug-likeness (QED) is 0.737. The van der Waals surface area contributed by atoms with Crippen molar-refractivity contribution in [1.82, 2.24) is 4.98 Å². The van der Waals surface area contributed by atoms with Crippen LogP contribution in [0.4, 0.5) is 5.69 Å². The van der Waals surface area contributed by atoms with Crippen LogP contribution in [0.3, 0.4) is 0 Å². The number of rotatable bonds is 1. The summed E-state index contributed by atoms with van der Waals surface area (Å²) in [4.78, 5) is 26.7. The molecule has 2 atom stereocenters. The molecule has 2 N–H and O–H groups in total. The molecule has 82 valence electrons. The van der Waals surface area contributed by atoms with Gasteiger partial charge in [0.2, 0.25) is 5.91 Å². The van der Waals surface area contributed by atoms with Crippen LogP contribution in [0.1, 0.15) is 29.4 Å². The molecule has 0 saturated heterocycles. The molecule has 1 fully saturated rings. The number of carbonyl (C=O) groups is 2. The van der Waals surface area contributed by atoms with Gasteiger partial charge in [0.1, 0.15) is 0 Å². The Hall–Kier alpha value is -1.91. The molecule has 5 nitrogen and oxygen atoms in total. The predicted octanol–water partition coefficient (Wildman–Crippen LogP) is 1.01. The first-order chi connectivity index (χ1) is 7.55. The van der Waals surface area contributed by atoms with E-state index in [2.05, 4.69) is 10.3 Å². The van der Waals surface area contributed by atoms with Gasteiger partial charge in [-0.25, -0.2) is 4.79 Å². The summed E-state index contributed by atoms with van der Waals surface area (Å²) < 4.78 is 0. The van der Waals surface area contributed by atoms with Crippen LogP contribution in [0.25, 0.3) is 0 Å². The first kappa shape index (κ1) is 9.33. The number of nitrogens with one attached hydrogen (secondary N) is 1. The number of carboxylic acid groups (broad SMARTS) is 1. The summed E-state index contributed by atoms with van der Waals surface area (Å²) in [5.41, 5.74) is 0.875. The minimum Gasteiger partial charge on any atom is -0.478 e. The van der Waals surface area contributed by atoms with Crippen LogP contribution in [0.15, 0.2) is 12.3 Å². The number of carbonyl (C=O) groups excluding carboxylic acids is 1. The highest BCUT2D eigenvalue weighted by Crippen LogP contribution is 2.58. The standard InChI is InChI=1S/C11H10N2O3/c1-5-3-11(5)8-7(13-10(11)16)2-6(4-12-8)9(14)15/h2,4-5H,3H2,1H3,(H,13,16)(H,14,15)/t5-,11?/m0/s1. The molecule has 0 radical (unpaired) electrons. The van der Waals surface area contributed by atoms with E-state index in [1.54, 1.807) is 0 Å². The number of fused-ring (bicyclic) bond motifs is 2. The number of amides is 1. The summed E-state index contributed by atoms with van der Waals surface area (Å²) in [5, 5.41) is 11.5. The van der Waals surface area contributed by atoms with Crippen molar-refractivity contribution in [2.45, 2.75) is 18.8 Å². The van der Waals surface area contributed by atoms with E-state index in [0.717, 1.165) is 6.42 Å². The zero-order chi connectivity index (χ0) is 11.5. The first-order valence-corrected chi connectivity index (χ1v) is 5.11. The molecular weight excluding hydrogens is 208 g/mol. The minimum atomic E-state index is -1.03. The third-order valence-electron chi connectivity index (χ3n) is 3.52. The average molecular weight is 218 g/mol. The molecule has 5 heteroatoms. The summed E-state index contributed by atoms with van der Waals surface area (Å²) >= 11 is 0. The Balaban J connectivity index is 2.13. The van der Waals surface area contributed by atoms with Crippen LogP contribution >= 0.6 is 0 Å². The number of nitrogens with zero attached hydrogens (tertiary/aromatic N) is 1. The summed E-state index contributed by atoms with van der Waals surface area (Å²) in [6.45, 7) is 2.00. The lowest BCUT2D eigenvalue weighted by Crippen LogP contribution is -2.21. The van der Waals surface area contributed by atoms with E-state index < -0.39 is 11.4 Å². The van der Waals surface area contributed by atoms with E-state index in [4.69, 9.17) is 5.11 Å². The zero-order valence-corrected chi connectivity index (χ0v) is 8.65. The molecule has 0 bridgehead atoms. The molecule has 0 aromatic carbocycles. The van der Waals surface area contributed by atoms with Crippen molar-refractivity contribution < 1.29 is 14.7 Å². The Bertz CT molecular complexity index is 526. The van der Waals surface area contributed by atoms with Crippen molar-refractivity contribution in [1.29, 1.82) is 0 Å². The van der Waals surface area contributed by atoms with Crippen molar-refractivity contribution in [2.75, 3.05) is 5.32 Å². The largest absolute Gasteiger partial charge is 0.478 e. The van der Waals surface area contributed by atoms with Gasteiger partial charge >= 0.3 is 5.97 Å². The van der Waals surface area contributed by atoms with Crippen LogP contribution in [-0.2, 0) is 10.2 Å². The van der Waals surface area contributed by atoms with Gasteiger partial charge in [-0.3, -0.25) is 9.78 Å². The van der Waals surface area contributed by atoms with E-state index in [0.29, 0.717) is 11.4 Å². The number of hydrogen-bond acceptors (Lipinski definition) is 3. The van der Waals surface area contributed by atoms with Crippen molar-refractivity contribution in [3.8, 4) is 0 Å². The fraction of sp³-hybridized carbons (Fsp3) is 0.364. The van der Waals surface area contributed by atoms with Crippen molar-refractivity contribution in [3.05, 3.63) is 23.5 Å². The molecular formula is C11H10N2O3. The number of hydrogen-bond donors (Lipinski definition) is 2. The highest BCUT2D eigenvalue weighted by Gasteiger charge is 2.63. The number of anilines is 1. The number of carboxylic acids is 1. The molecule has 1 unspecified atom stereocenters. The third kappa shape index (κ3) is 0.925. The average Bonchev–Trinajstić information content (AvgIpc) is 2.82. The predicted molar refractivity (Wildman–Crippen MR) is 55.3 cm³/mol. The fourth-order valence-corrected chi connectivity index (χ4v) is 2.44. The van der Waals surface area contributed by atoms with Gasteiger partial charge < -0.3 is 10.4 Å². The van der Waals surface area contributed by atoms with Crippen LogP contribution in [0, 0.1) is 5.92 Å². The lowest BCUT2D eigenvalue weighted by molar-refractivity contribution is -0.118. The van der Waals surface area contributed by atoms with E-state index in [1.165, 1.54) is 12.3 Å². The molecule has 2 aliphatic rings. The Kier molecular flexibility index (Phi) is 1.52. The van der Waals surface area contributed by atoms with Crippen LogP contribution < -0.4 is 5.32 Å². The van der Waals surface area contributed by atoms with Gasteiger partial charge in [0, 0.05) is 6.20 Å². The highest BCUT2D eigenvalue weighted by molar-refractivity contribution is 6.08. The van der Waals surface area contributed by atoms with Gasteiger partial charge in [0.25, 0.3) is 0 Å². The lowest BCUT2D eigenvalue weighted by Gasteiger charge is -2.04. The van der Waals surface area contributed by atoms with Gasteiger partial charge in [-0.15, -0.1) is 0 Å². The van der Waals surface area contributed by atoms with Gasteiger partial charge in [-0.05, 0) is 18.4 Å². The Morgan fingerprint density at radius 1 is 1.69 bits per heavy atom. The molecule has 1 spiro atoms. The maximum Gasteiger partial charge on any atom is 0.337 e. The lowest BCUT2D eigenvalue weighted by atomic mass is 10.0. The van der Waals surface area contributed by atoms with Crippen molar-refractivity contribution >= 4 is 17.6 Å². The van der Waals surface area contributed by atoms with Crippen molar-refractivity contribution in [2.24, 2.45) is 5.92 Å². The van der Waals surface area contributed by atoms with E-state index >= 15 is 0 Å². The Labute approximate surface area is 91.5 Å². The third-order valence-corrected chi connectivity index (χ3v) is 3.52. The summed E-state index contributed by atoms with van der Waals surface area (Å²) in [5.74, 6) is -0.795. The summed E-state index contributed by atoms with van der Waals surface area (Å²) in [6, 6.07) is 1.47. The molecule has 16 heavy (non-hydrogen) atoms. The molecule has 2 heterocycles. The molecule has 1 saturated carbocycles. The zero-order valence-electron chi connectivity index (χ0n) is 8.65. The SMILES string of the molecule is C[C@H]1CC12C(=O)Nc1cc(C(=O)O)cnc12. The maximum absolute atomic E-state index is 11.8. The maximum atomic E-state index is 11.8. The van der Waals surface area contributed by atoms with Gasteiger partial charge in [-0.1, -0.05) is 6.92 Å². The summed E-state index contributed by atoms with van der Waals surface area (Å²) in [7, 11) is 0. The first-order valence-electron chi connectivity index (χ1n) is 5.11. The van der Waals surface area contributed by atoms with E-state index in [9.17, 15) is 9.59 Å². The van der Waals surface area contributed by atoms with Crippen LogP contribution in [0.5, 0.6) is 0 Å². The number of aromatic nitrogens is 1. The smallest absolute Gasteiger partial charge is 0.337 e. The second-order valence-electron chi connectivity index (χ2n) is 4.46. The van der Waals surface area contributed by atoms with E-state index in [-0.39, 0.29) is 17.4 Å². The topological polar surface area (TPSA) is 79.3 Å². The second-order valence-corrected chi connectivity index (χ2v) is 4.46. The Morgan fingerprint density at radius 2 is 2.38 bits per heavy atom. The molecule has 1 aliphatic carbocycles. The second kappa shape index (κ2) is 2.61. The monoisotopic (exact) mass is 218 g/mol. The van der Waals surface area contributed by atoms with Gasteiger partial charge in [-0.2, -0.15) is 0 Å². The van der Waals surface area contributed by atoms with Gasteiger partial charge in [0.05, 0.1) is 22.4 Å². The van der Waals surface area contributed by atoms with Gasteiger partial charge in [0.15, 0.2) is 0 Å². The number of pyridine rings is 1. The van der Waals surface area contributed by atoms with Crippen molar-refractivity contribution in [3.63, 3.8) is 0 Å². The van der Waals surface area contributed by atoms with E-state index in [1.807, 2.05) is 6.92 Å². The van der Waals surface area contributed by atoms with Crippen LogP contribution in [-0.4, -0.2) is 22.0 Å². The normalized spacial score (nSPS) is 30.1. The molecule has 1 aliphatic heterocycles.